The third-order valence-electron chi connectivity index (χ3n) is 4.24. The van der Waals surface area contributed by atoms with Crippen molar-refractivity contribution in [3.8, 4) is 0 Å². The molecule has 29 heavy (non-hydrogen) atoms. The molecule has 1 atom stereocenters. The minimum atomic E-state index is -4.87. The van der Waals surface area contributed by atoms with Crippen LogP contribution in [0.4, 0.5) is 23.7 Å². The first-order chi connectivity index (χ1) is 13.9. The van der Waals surface area contributed by atoms with E-state index in [1.807, 2.05) is 5.32 Å². The maximum absolute atomic E-state index is 14.3. The van der Waals surface area contributed by atoms with Gasteiger partial charge in [-0.2, -0.15) is 13.2 Å². The lowest BCUT2D eigenvalue weighted by Gasteiger charge is -2.38. The molecule has 0 heterocycles. The molecule has 150 valence electrons. The van der Waals surface area contributed by atoms with Gasteiger partial charge in [0.05, 0.1) is 0 Å². The van der Waals surface area contributed by atoms with E-state index < -0.39 is 17.9 Å². The minimum Gasteiger partial charge on any atom is -0.445 e. The van der Waals surface area contributed by atoms with E-state index in [0.29, 0.717) is 5.56 Å². The highest BCUT2D eigenvalue weighted by Gasteiger charge is 2.58. The fraction of sp³-hybridized carbons (Fsp3) is 0.136. The molecule has 0 spiro atoms. The molecule has 3 aromatic rings. The number of hydrogen-bond acceptors (Lipinski definition) is 3. The van der Waals surface area contributed by atoms with Gasteiger partial charge in [0.15, 0.2) is 0 Å². The van der Waals surface area contributed by atoms with Crippen LogP contribution in [0.15, 0.2) is 91.0 Å². The van der Waals surface area contributed by atoms with Gasteiger partial charge in [0.1, 0.15) is 6.61 Å². The van der Waals surface area contributed by atoms with Gasteiger partial charge in [0.2, 0.25) is 5.66 Å². The van der Waals surface area contributed by atoms with E-state index in [-0.39, 0.29) is 17.9 Å². The standard InChI is InChI=1S/C22H19F3N2O2/c23-22(24,25)21(18-12-6-2-7-13-18,26-19-14-8-3-9-15-19)27-20(28)29-16-17-10-4-1-5-11-17/h1-15,26H,16H2,(H,27,28)/t21-/m0/s1. The molecule has 2 N–H and O–H groups in total. The molecule has 0 radical (unpaired) electrons. The van der Waals surface area contributed by atoms with Crippen LogP contribution in [0, 0.1) is 0 Å². The summed E-state index contributed by atoms with van der Waals surface area (Å²) in [4.78, 5) is 12.4. The predicted octanol–water partition coefficient (Wildman–Crippen LogP) is 5.44. The number of carbonyl (C=O) groups is 1. The molecular formula is C22H19F3N2O2. The van der Waals surface area contributed by atoms with Gasteiger partial charge < -0.3 is 10.1 Å². The van der Waals surface area contributed by atoms with Crippen molar-refractivity contribution in [3.05, 3.63) is 102 Å². The monoisotopic (exact) mass is 400 g/mol. The molecule has 0 saturated carbocycles. The zero-order valence-electron chi connectivity index (χ0n) is 15.3. The predicted molar refractivity (Wildman–Crippen MR) is 104 cm³/mol. The Morgan fingerprint density at radius 2 is 1.31 bits per heavy atom. The lowest BCUT2D eigenvalue weighted by molar-refractivity contribution is -0.189. The van der Waals surface area contributed by atoms with Crippen molar-refractivity contribution in [1.82, 2.24) is 5.32 Å². The zero-order valence-corrected chi connectivity index (χ0v) is 15.3. The summed E-state index contributed by atoms with van der Waals surface area (Å²) in [5.41, 5.74) is -2.19. The van der Waals surface area contributed by atoms with Crippen LogP contribution in [-0.2, 0) is 17.0 Å². The number of alkyl halides is 3. The number of hydrogen-bond donors (Lipinski definition) is 2. The molecular weight excluding hydrogens is 381 g/mol. The normalized spacial score (nSPS) is 13.2. The number of nitrogens with one attached hydrogen (secondary N) is 2. The van der Waals surface area contributed by atoms with Crippen LogP contribution in [0.2, 0.25) is 0 Å². The van der Waals surface area contributed by atoms with Crippen molar-refractivity contribution < 1.29 is 22.7 Å². The number of rotatable bonds is 6. The second-order valence-corrected chi connectivity index (χ2v) is 6.29. The largest absolute Gasteiger partial charge is 0.445 e. The molecule has 0 aliphatic rings. The van der Waals surface area contributed by atoms with Crippen LogP contribution in [-0.4, -0.2) is 12.3 Å². The number of alkyl carbamates (subject to hydrolysis) is 1. The highest BCUT2D eigenvalue weighted by atomic mass is 19.4. The minimum absolute atomic E-state index is 0.152. The highest BCUT2D eigenvalue weighted by molar-refractivity contribution is 5.70. The maximum atomic E-state index is 14.3. The SMILES string of the molecule is O=C(N[C@@](Nc1ccccc1)(c1ccccc1)C(F)(F)F)OCc1ccccc1. The molecule has 0 aliphatic heterocycles. The number of halogens is 3. The van der Waals surface area contributed by atoms with Gasteiger partial charge in [-0.1, -0.05) is 78.9 Å². The lowest BCUT2D eigenvalue weighted by Crippen LogP contribution is -2.61. The molecule has 0 fully saturated rings. The first-order valence-corrected chi connectivity index (χ1v) is 8.85. The maximum Gasteiger partial charge on any atom is 0.435 e. The fourth-order valence-electron chi connectivity index (χ4n) is 2.82. The Hall–Kier alpha value is -3.48. The second kappa shape index (κ2) is 8.68. The van der Waals surface area contributed by atoms with E-state index in [9.17, 15) is 18.0 Å². The molecule has 7 heteroatoms. The van der Waals surface area contributed by atoms with Crippen molar-refractivity contribution in [2.24, 2.45) is 0 Å². The smallest absolute Gasteiger partial charge is 0.435 e. The quantitative estimate of drug-likeness (QED) is 0.542. The molecule has 0 aromatic heterocycles. The van der Waals surface area contributed by atoms with Crippen LogP contribution < -0.4 is 10.6 Å². The van der Waals surface area contributed by atoms with Crippen molar-refractivity contribution in [3.63, 3.8) is 0 Å². The zero-order chi connectivity index (χ0) is 20.7. The van der Waals surface area contributed by atoms with E-state index in [0.717, 1.165) is 0 Å². The van der Waals surface area contributed by atoms with Crippen LogP contribution in [0.1, 0.15) is 11.1 Å². The van der Waals surface area contributed by atoms with Crippen molar-refractivity contribution in [2.75, 3.05) is 5.32 Å². The average molecular weight is 400 g/mol. The first-order valence-electron chi connectivity index (χ1n) is 8.85. The molecule has 0 aliphatic carbocycles. The summed E-state index contributed by atoms with van der Waals surface area (Å²) in [7, 11) is 0. The van der Waals surface area contributed by atoms with Crippen LogP contribution in [0.5, 0.6) is 0 Å². The summed E-state index contributed by atoms with van der Waals surface area (Å²) in [5.74, 6) is 0. The third-order valence-corrected chi connectivity index (χ3v) is 4.24. The Labute approximate surface area is 166 Å². The van der Waals surface area contributed by atoms with Crippen molar-refractivity contribution >= 4 is 11.8 Å². The van der Waals surface area contributed by atoms with Crippen LogP contribution in [0.25, 0.3) is 0 Å². The first kappa shape index (κ1) is 20.3. The van der Waals surface area contributed by atoms with Gasteiger partial charge in [-0.25, -0.2) is 4.79 Å². The van der Waals surface area contributed by atoms with E-state index in [1.165, 1.54) is 36.4 Å². The Morgan fingerprint density at radius 1 is 0.793 bits per heavy atom. The number of ether oxygens (including phenoxy) is 1. The summed E-state index contributed by atoms with van der Waals surface area (Å²) in [6.07, 6.45) is -6.06. The summed E-state index contributed by atoms with van der Waals surface area (Å²) < 4.78 is 48.1. The van der Waals surface area contributed by atoms with E-state index in [4.69, 9.17) is 4.74 Å². The Balaban J connectivity index is 1.91. The van der Waals surface area contributed by atoms with Gasteiger partial charge in [0.25, 0.3) is 0 Å². The lowest BCUT2D eigenvalue weighted by atomic mass is 9.98. The van der Waals surface area contributed by atoms with Crippen molar-refractivity contribution in [2.45, 2.75) is 18.4 Å². The molecule has 0 bridgehead atoms. The molecule has 0 unspecified atom stereocenters. The number of benzene rings is 3. The number of amides is 1. The second-order valence-electron chi connectivity index (χ2n) is 6.29. The van der Waals surface area contributed by atoms with E-state index >= 15 is 0 Å². The average Bonchev–Trinajstić information content (AvgIpc) is 2.73. The summed E-state index contributed by atoms with van der Waals surface area (Å²) in [6, 6.07) is 23.7. The fourth-order valence-corrected chi connectivity index (χ4v) is 2.82. The summed E-state index contributed by atoms with van der Waals surface area (Å²) in [5, 5.41) is 4.45. The number of para-hydroxylation sites is 1. The molecule has 4 nitrogen and oxygen atoms in total. The third kappa shape index (κ3) is 4.87. The Kier molecular flexibility index (Phi) is 6.07. The van der Waals surface area contributed by atoms with Gasteiger partial charge in [-0.15, -0.1) is 0 Å². The van der Waals surface area contributed by atoms with Gasteiger partial charge in [0, 0.05) is 11.3 Å². The molecule has 1 amide bonds. The Morgan fingerprint density at radius 3 is 1.86 bits per heavy atom. The van der Waals surface area contributed by atoms with Gasteiger partial charge in [-0.3, -0.25) is 5.32 Å². The van der Waals surface area contributed by atoms with Gasteiger partial charge >= 0.3 is 12.3 Å². The van der Waals surface area contributed by atoms with Crippen molar-refractivity contribution in [1.29, 1.82) is 0 Å². The van der Waals surface area contributed by atoms with Crippen LogP contribution in [0.3, 0.4) is 0 Å². The summed E-state index contributed by atoms with van der Waals surface area (Å²) in [6.45, 7) is -0.152. The number of carbonyl (C=O) groups excluding carboxylic acids is 1. The highest BCUT2D eigenvalue weighted by Crippen LogP contribution is 2.39. The molecule has 0 saturated heterocycles. The van der Waals surface area contributed by atoms with E-state index in [1.54, 1.807) is 54.6 Å². The van der Waals surface area contributed by atoms with E-state index in [2.05, 4.69) is 5.32 Å². The summed E-state index contributed by atoms with van der Waals surface area (Å²) >= 11 is 0. The molecule has 3 aromatic carbocycles. The van der Waals surface area contributed by atoms with Gasteiger partial charge in [-0.05, 0) is 17.7 Å². The number of anilines is 1. The Bertz CT molecular complexity index is 919. The molecule has 3 rings (SSSR count). The topological polar surface area (TPSA) is 50.4 Å². The van der Waals surface area contributed by atoms with Crippen LogP contribution >= 0.6 is 0 Å².